The maximum absolute atomic E-state index is 6.28. The Hall–Kier alpha value is -1.61. The second-order valence-corrected chi connectivity index (χ2v) is 6.29. The van der Waals surface area contributed by atoms with Gasteiger partial charge in [0.2, 0.25) is 0 Å². The summed E-state index contributed by atoms with van der Waals surface area (Å²) in [6.45, 7) is 8.92. The predicted octanol–water partition coefficient (Wildman–Crippen LogP) is 3.79. The van der Waals surface area contributed by atoms with Gasteiger partial charge in [-0.1, -0.05) is 0 Å². The molecule has 21 heavy (non-hydrogen) atoms. The van der Waals surface area contributed by atoms with Gasteiger partial charge in [-0.15, -0.1) is 0 Å². The van der Waals surface area contributed by atoms with Crippen LogP contribution < -0.4 is 4.74 Å². The second-order valence-electron chi connectivity index (χ2n) is 6.29. The number of aromatic nitrogens is 1. The minimum Gasteiger partial charge on any atom is -0.490 e. The van der Waals surface area contributed by atoms with Gasteiger partial charge in [-0.25, -0.2) is 0 Å². The number of pyridine rings is 1. The highest BCUT2D eigenvalue weighted by molar-refractivity contribution is 5.84. The zero-order valence-corrected chi connectivity index (χ0v) is 13.2. The number of fused-ring (bicyclic) bond motifs is 1. The molecule has 0 spiro atoms. The quantitative estimate of drug-likeness (QED) is 0.857. The van der Waals surface area contributed by atoms with E-state index in [1.54, 1.807) is 0 Å². The molecule has 1 saturated heterocycles. The van der Waals surface area contributed by atoms with Gasteiger partial charge >= 0.3 is 0 Å². The zero-order valence-electron chi connectivity index (χ0n) is 13.2. The zero-order chi connectivity index (χ0) is 14.8. The van der Waals surface area contributed by atoms with Crippen molar-refractivity contribution >= 4 is 10.8 Å². The van der Waals surface area contributed by atoms with E-state index in [0.29, 0.717) is 12.1 Å². The van der Waals surface area contributed by atoms with Crippen LogP contribution in [0.3, 0.4) is 0 Å². The third-order valence-corrected chi connectivity index (χ3v) is 4.43. The number of hydrogen-bond acceptors (Lipinski definition) is 3. The molecule has 3 heteroatoms. The number of nitrogens with zero attached hydrogens (tertiary/aromatic N) is 2. The molecule has 1 aromatic heterocycles. The first kappa shape index (κ1) is 14.3. The summed E-state index contributed by atoms with van der Waals surface area (Å²) in [6.07, 6.45) is 6.33. The lowest BCUT2D eigenvalue weighted by molar-refractivity contribution is 0.0839. The number of piperidine rings is 1. The fourth-order valence-electron chi connectivity index (χ4n) is 3.05. The van der Waals surface area contributed by atoms with Gasteiger partial charge in [0.15, 0.2) is 0 Å². The van der Waals surface area contributed by atoms with Crippen molar-refractivity contribution in [3.05, 3.63) is 36.2 Å². The Labute approximate surface area is 126 Å². The van der Waals surface area contributed by atoms with Crippen molar-refractivity contribution in [2.75, 3.05) is 13.1 Å². The molecule has 0 saturated carbocycles. The number of benzene rings is 1. The fraction of sp³-hybridized carbons (Fsp3) is 0.500. The Morgan fingerprint density at radius 1 is 1.19 bits per heavy atom. The van der Waals surface area contributed by atoms with E-state index in [0.717, 1.165) is 31.7 Å². The summed E-state index contributed by atoms with van der Waals surface area (Å²) in [5, 5.41) is 2.38. The highest BCUT2D eigenvalue weighted by Gasteiger charge is 2.22. The average Bonchev–Trinajstić information content (AvgIpc) is 2.48. The fourth-order valence-corrected chi connectivity index (χ4v) is 3.05. The highest BCUT2D eigenvalue weighted by Crippen LogP contribution is 2.27. The van der Waals surface area contributed by atoms with E-state index in [4.69, 9.17) is 4.74 Å². The van der Waals surface area contributed by atoms with Gasteiger partial charge in [0.25, 0.3) is 0 Å². The van der Waals surface area contributed by atoms with Crippen molar-refractivity contribution in [3.63, 3.8) is 0 Å². The van der Waals surface area contributed by atoms with Gasteiger partial charge in [-0.2, -0.15) is 0 Å². The molecule has 0 aliphatic carbocycles. The van der Waals surface area contributed by atoms with Crippen LogP contribution in [0.25, 0.3) is 10.8 Å². The predicted molar refractivity (Wildman–Crippen MR) is 86.8 cm³/mol. The van der Waals surface area contributed by atoms with E-state index < -0.39 is 0 Å². The Kier molecular flexibility index (Phi) is 4.11. The lowest BCUT2D eigenvalue weighted by Crippen LogP contribution is -2.41. The molecule has 2 aromatic rings. The molecular formula is C18H24N2O. The first-order valence-corrected chi connectivity index (χ1v) is 7.88. The summed E-state index contributed by atoms with van der Waals surface area (Å²) in [4.78, 5) is 6.70. The Balaban J connectivity index is 1.72. The molecule has 3 nitrogen and oxygen atoms in total. The monoisotopic (exact) mass is 284 g/mol. The Morgan fingerprint density at radius 2 is 1.95 bits per heavy atom. The van der Waals surface area contributed by atoms with Crippen LogP contribution in [0.4, 0.5) is 0 Å². The largest absolute Gasteiger partial charge is 0.490 e. The molecule has 0 atom stereocenters. The normalized spacial score (nSPS) is 17.5. The topological polar surface area (TPSA) is 25.4 Å². The Bertz CT molecular complexity index is 616. The molecule has 1 fully saturated rings. The summed E-state index contributed by atoms with van der Waals surface area (Å²) in [5.41, 5.74) is 1.20. The van der Waals surface area contributed by atoms with E-state index in [-0.39, 0.29) is 0 Å². The average molecular weight is 284 g/mol. The number of aryl methyl sites for hydroxylation is 1. The maximum atomic E-state index is 6.28. The van der Waals surface area contributed by atoms with Crippen LogP contribution in [0, 0.1) is 6.92 Å². The van der Waals surface area contributed by atoms with Crippen molar-refractivity contribution in [1.29, 1.82) is 0 Å². The summed E-state index contributed by atoms with van der Waals surface area (Å²) in [5.74, 6) is 1.02. The molecule has 0 amide bonds. The van der Waals surface area contributed by atoms with Crippen LogP contribution in [0.15, 0.2) is 30.6 Å². The first-order valence-electron chi connectivity index (χ1n) is 7.88. The van der Waals surface area contributed by atoms with Crippen LogP contribution in [0.1, 0.15) is 32.3 Å². The van der Waals surface area contributed by atoms with Gasteiger partial charge in [-0.05, 0) is 62.8 Å². The Morgan fingerprint density at radius 3 is 2.67 bits per heavy atom. The summed E-state index contributed by atoms with van der Waals surface area (Å²) in [6, 6.07) is 7.01. The summed E-state index contributed by atoms with van der Waals surface area (Å²) in [7, 11) is 0. The minimum absolute atomic E-state index is 0.345. The van der Waals surface area contributed by atoms with Gasteiger partial charge in [0.1, 0.15) is 11.9 Å². The van der Waals surface area contributed by atoms with Crippen LogP contribution in [-0.4, -0.2) is 35.1 Å². The minimum atomic E-state index is 0.345. The van der Waals surface area contributed by atoms with E-state index >= 15 is 0 Å². The first-order chi connectivity index (χ1) is 10.1. The lowest BCUT2D eigenvalue weighted by Gasteiger charge is -2.34. The second kappa shape index (κ2) is 6.02. The standard InChI is InChI=1S/C18H24N2O/c1-13(2)20-8-5-17(6-9-20)21-18-11-15-4-7-19-12-16(15)10-14(18)3/h4,7,10-13,17H,5-6,8-9H2,1-3H3. The lowest BCUT2D eigenvalue weighted by atomic mass is 10.1. The van der Waals surface area contributed by atoms with E-state index in [9.17, 15) is 0 Å². The van der Waals surface area contributed by atoms with Crippen molar-refractivity contribution in [2.24, 2.45) is 0 Å². The van der Waals surface area contributed by atoms with Crippen LogP contribution in [0.5, 0.6) is 5.75 Å². The van der Waals surface area contributed by atoms with Crippen LogP contribution >= 0.6 is 0 Å². The molecule has 0 radical (unpaired) electrons. The summed E-state index contributed by atoms with van der Waals surface area (Å²) >= 11 is 0. The number of rotatable bonds is 3. The van der Waals surface area contributed by atoms with Crippen molar-refractivity contribution in [1.82, 2.24) is 9.88 Å². The van der Waals surface area contributed by atoms with E-state index in [1.165, 1.54) is 16.3 Å². The molecule has 2 heterocycles. The molecule has 112 valence electrons. The summed E-state index contributed by atoms with van der Waals surface area (Å²) < 4.78 is 6.28. The molecule has 1 aromatic carbocycles. The molecule has 0 unspecified atom stereocenters. The molecule has 1 aliphatic rings. The van der Waals surface area contributed by atoms with E-state index in [2.05, 4.69) is 42.8 Å². The van der Waals surface area contributed by atoms with Gasteiger partial charge in [0.05, 0.1) is 0 Å². The molecule has 1 aliphatic heterocycles. The molecule has 0 bridgehead atoms. The highest BCUT2D eigenvalue weighted by atomic mass is 16.5. The van der Waals surface area contributed by atoms with Crippen molar-refractivity contribution < 1.29 is 4.74 Å². The van der Waals surface area contributed by atoms with Gasteiger partial charge < -0.3 is 9.64 Å². The third-order valence-electron chi connectivity index (χ3n) is 4.43. The van der Waals surface area contributed by atoms with Crippen molar-refractivity contribution in [2.45, 2.75) is 45.8 Å². The molecular weight excluding hydrogens is 260 g/mol. The van der Waals surface area contributed by atoms with Crippen molar-refractivity contribution in [3.8, 4) is 5.75 Å². The number of ether oxygens (including phenoxy) is 1. The number of likely N-dealkylation sites (tertiary alicyclic amines) is 1. The number of hydrogen-bond donors (Lipinski definition) is 0. The van der Waals surface area contributed by atoms with Crippen LogP contribution in [-0.2, 0) is 0 Å². The SMILES string of the molecule is Cc1cc2cnccc2cc1OC1CCN(C(C)C)CC1. The smallest absolute Gasteiger partial charge is 0.123 e. The maximum Gasteiger partial charge on any atom is 0.123 e. The molecule has 3 rings (SSSR count). The third kappa shape index (κ3) is 3.18. The van der Waals surface area contributed by atoms with Crippen LogP contribution in [0.2, 0.25) is 0 Å². The van der Waals surface area contributed by atoms with E-state index in [1.807, 2.05) is 18.5 Å². The van der Waals surface area contributed by atoms with Gasteiger partial charge in [0, 0.05) is 36.9 Å². The molecule has 0 N–H and O–H groups in total. The van der Waals surface area contributed by atoms with Gasteiger partial charge in [-0.3, -0.25) is 4.98 Å².